The zero-order valence-corrected chi connectivity index (χ0v) is 8.90. The topological polar surface area (TPSA) is 64.9 Å². The highest BCUT2D eigenvalue weighted by atomic mass is 14.7. The Labute approximate surface area is 85.5 Å². The molecule has 0 saturated carbocycles. The zero-order chi connectivity index (χ0) is 10.6. The Hall–Kier alpha value is -1.09. The van der Waals surface area contributed by atoms with Crippen LogP contribution in [0.2, 0.25) is 0 Å². The van der Waals surface area contributed by atoms with Gasteiger partial charge in [-0.05, 0) is 30.4 Å². The fourth-order valence-corrected chi connectivity index (χ4v) is 1.30. The Morgan fingerprint density at radius 1 is 1.43 bits per heavy atom. The average molecular weight is 193 g/mol. The first-order valence-electron chi connectivity index (χ1n) is 5.05. The quantitative estimate of drug-likeness (QED) is 0.763. The van der Waals surface area contributed by atoms with Gasteiger partial charge in [-0.15, -0.1) is 0 Å². The number of nitrogens with two attached hydrogens (primary N) is 2. The van der Waals surface area contributed by atoms with E-state index in [4.69, 9.17) is 11.5 Å². The van der Waals surface area contributed by atoms with E-state index in [1.165, 1.54) is 0 Å². The maximum Gasteiger partial charge on any atom is 0.0377 e. The van der Waals surface area contributed by atoms with Crippen molar-refractivity contribution >= 4 is 5.69 Å². The lowest BCUT2D eigenvalue weighted by atomic mass is 9.98. The summed E-state index contributed by atoms with van der Waals surface area (Å²) in [6.07, 6.45) is 5.41. The van der Waals surface area contributed by atoms with Crippen molar-refractivity contribution in [2.24, 2.45) is 11.7 Å². The largest absolute Gasteiger partial charge is 0.398 e. The van der Waals surface area contributed by atoms with Crippen molar-refractivity contribution in [3.05, 3.63) is 24.0 Å². The fourth-order valence-electron chi connectivity index (χ4n) is 1.30. The van der Waals surface area contributed by atoms with E-state index in [9.17, 15) is 0 Å². The molecule has 1 aromatic rings. The summed E-state index contributed by atoms with van der Waals surface area (Å²) >= 11 is 0. The Kier molecular flexibility index (Phi) is 3.89. The molecule has 0 aliphatic rings. The molecule has 3 nitrogen and oxygen atoms in total. The van der Waals surface area contributed by atoms with E-state index in [1.807, 2.05) is 12.3 Å². The van der Waals surface area contributed by atoms with Gasteiger partial charge in [0.2, 0.25) is 0 Å². The van der Waals surface area contributed by atoms with E-state index < -0.39 is 0 Å². The third-order valence-electron chi connectivity index (χ3n) is 2.54. The van der Waals surface area contributed by atoms with E-state index in [2.05, 4.69) is 18.8 Å². The number of nitrogens with zero attached hydrogens (tertiary/aromatic N) is 1. The van der Waals surface area contributed by atoms with Crippen LogP contribution in [0.15, 0.2) is 18.5 Å². The second-order valence-corrected chi connectivity index (χ2v) is 4.02. The highest BCUT2D eigenvalue weighted by molar-refractivity contribution is 5.44. The molecule has 1 heterocycles. The lowest BCUT2D eigenvalue weighted by molar-refractivity contribution is 0.464. The van der Waals surface area contributed by atoms with Crippen LogP contribution in [0.25, 0.3) is 0 Å². The van der Waals surface area contributed by atoms with E-state index in [1.54, 1.807) is 6.20 Å². The molecule has 14 heavy (non-hydrogen) atoms. The minimum absolute atomic E-state index is 0.245. The highest BCUT2D eigenvalue weighted by Crippen LogP contribution is 2.13. The van der Waals surface area contributed by atoms with Crippen molar-refractivity contribution < 1.29 is 0 Å². The minimum atomic E-state index is 0.245. The normalized spacial score (nSPS) is 13.1. The van der Waals surface area contributed by atoms with E-state index in [0.29, 0.717) is 5.92 Å². The number of anilines is 1. The smallest absolute Gasteiger partial charge is 0.0377 e. The SMILES string of the molecule is CC(C)C(N)CCc1cnccc1N. The van der Waals surface area contributed by atoms with E-state index >= 15 is 0 Å². The Morgan fingerprint density at radius 3 is 2.71 bits per heavy atom. The lowest BCUT2D eigenvalue weighted by Crippen LogP contribution is -2.26. The number of rotatable bonds is 4. The highest BCUT2D eigenvalue weighted by Gasteiger charge is 2.08. The number of nitrogen functional groups attached to an aromatic ring is 1. The van der Waals surface area contributed by atoms with Gasteiger partial charge in [0.1, 0.15) is 0 Å². The van der Waals surface area contributed by atoms with Crippen molar-refractivity contribution in [1.82, 2.24) is 4.98 Å². The van der Waals surface area contributed by atoms with Gasteiger partial charge < -0.3 is 11.5 Å². The first-order chi connectivity index (χ1) is 6.61. The molecule has 0 aliphatic carbocycles. The first kappa shape index (κ1) is 11.0. The second kappa shape index (κ2) is 4.96. The van der Waals surface area contributed by atoms with Crippen molar-refractivity contribution in [2.45, 2.75) is 32.7 Å². The number of aryl methyl sites for hydroxylation is 1. The Morgan fingerprint density at radius 2 is 2.14 bits per heavy atom. The summed E-state index contributed by atoms with van der Waals surface area (Å²) in [5, 5.41) is 0. The third-order valence-corrected chi connectivity index (χ3v) is 2.54. The predicted molar refractivity (Wildman–Crippen MR) is 59.8 cm³/mol. The van der Waals surface area contributed by atoms with Crippen LogP contribution in [-0.2, 0) is 6.42 Å². The number of hydrogen-bond acceptors (Lipinski definition) is 3. The molecule has 0 aliphatic heterocycles. The van der Waals surface area contributed by atoms with Crippen molar-refractivity contribution in [3.63, 3.8) is 0 Å². The average Bonchev–Trinajstić information content (AvgIpc) is 2.16. The molecule has 0 amide bonds. The standard InChI is InChI=1S/C11H19N3/c1-8(2)10(12)4-3-9-7-14-6-5-11(9)13/h5-8,10H,3-4,12H2,1-2H3,(H2,13,14). The van der Waals surface area contributed by atoms with Gasteiger partial charge in [-0.25, -0.2) is 0 Å². The molecule has 0 bridgehead atoms. The van der Waals surface area contributed by atoms with Gasteiger partial charge in [0, 0.05) is 24.1 Å². The van der Waals surface area contributed by atoms with Crippen LogP contribution >= 0.6 is 0 Å². The molecule has 1 atom stereocenters. The predicted octanol–water partition coefficient (Wildman–Crippen LogP) is 1.58. The molecule has 1 aromatic heterocycles. The van der Waals surface area contributed by atoms with Crippen LogP contribution in [-0.4, -0.2) is 11.0 Å². The summed E-state index contributed by atoms with van der Waals surface area (Å²) in [6, 6.07) is 2.07. The molecule has 0 radical (unpaired) electrons. The van der Waals surface area contributed by atoms with Gasteiger partial charge in [-0.2, -0.15) is 0 Å². The molecule has 3 heteroatoms. The van der Waals surface area contributed by atoms with Crippen LogP contribution in [0.3, 0.4) is 0 Å². The molecule has 1 unspecified atom stereocenters. The maximum absolute atomic E-state index is 5.95. The molecular formula is C11H19N3. The molecule has 4 N–H and O–H groups in total. The second-order valence-electron chi connectivity index (χ2n) is 4.02. The van der Waals surface area contributed by atoms with Gasteiger partial charge >= 0.3 is 0 Å². The van der Waals surface area contributed by atoms with Crippen molar-refractivity contribution in [1.29, 1.82) is 0 Å². The molecule has 0 spiro atoms. The Bertz CT molecular complexity index is 284. The minimum Gasteiger partial charge on any atom is -0.398 e. The molecule has 0 aromatic carbocycles. The summed E-state index contributed by atoms with van der Waals surface area (Å²) in [7, 11) is 0. The number of hydrogen-bond donors (Lipinski definition) is 2. The van der Waals surface area contributed by atoms with E-state index in [-0.39, 0.29) is 6.04 Å². The summed E-state index contributed by atoms with van der Waals surface area (Å²) in [4.78, 5) is 4.05. The van der Waals surface area contributed by atoms with Gasteiger partial charge in [-0.3, -0.25) is 4.98 Å². The van der Waals surface area contributed by atoms with Gasteiger partial charge in [0.05, 0.1) is 0 Å². The van der Waals surface area contributed by atoms with Crippen LogP contribution in [0, 0.1) is 5.92 Å². The Balaban J connectivity index is 2.50. The summed E-state index contributed by atoms with van der Waals surface area (Å²) in [5.74, 6) is 0.521. The summed E-state index contributed by atoms with van der Waals surface area (Å²) < 4.78 is 0. The molecule has 0 saturated heterocycles. The van der Waals surface area contributed by atoms with Crippen LogP contribution in [0.4, 0.5) is 5.69 Å². The van der Waals surface area contributed by atoms with Crippen LogP contribution in [0.5, 0.6) is 0 Å². The van der Waals surface area contributed by atoms with Crippen molar-refractivity contribution in [2.75, 3.05) is 5.73 Å². The summed E-state index contributed by atoms with van der Waals surface area (Å²) in [5.41, 5.74) is 13.7. The number of aromatic nitrogens is 1. The first-order valence-corrected chi connectivity index (χ1v) is 5.05. The van der Waals surface area contributed by atoms with E-state index in [0.717, 1.165) is 24.1 Å². The monoisotopic (exact) mass is 193 g/mol. The third kappa shape index (κ3) is 3.00. The molecule has 0 fully saturated rings. The van der Waals surface area contributed by atoms with Gasteiger partial charge in [0.15, 0.2) is 0 Å². The molecule has 1 rings (SSSR count). The van der Waals surface area contributed by atoms with Gasteiger partial charge in [-0.1, -0.05) is 13.8 Å². The van der Waals surface area contributed by atoms with Gasteiger partial charge in [0.25, 0.3) is 0 Å². The van der Waals surface area contributed by atoms with Crippen LogP contribution < -0.4 is 11.5 Å². The zero-order valence-electron chi connectivity index (χ0n) is 8.90. The molecule has 78 valence electrons. The van der Waals surface area contributed by atoms with Crippen LogP contribution in [0.1, 0.15) is 25.8 Å². The van der Waals surface area contributed by atoms with Crippen molar-refractivity contribution in [3.8, 4) is 0 Å². The number of pyridine rings is 1. The molecular weight excluding hydrogens is 174 g/mol. The fraction of sp³-hybridized carbons (Fsp3) is 0.545. The maximum atomic E-state index is 5.95. The lowest BCUT2D eigenvalue weighted by Gasteiger charge is -2.15. The summed E-state index contributed by atoms with van der Waals surface area (Å²) in [6.45, 7) is 4.27.